The number of hydrogen-bond acceptors (Lipinski definition) is 6. The van der Waals surface area contributed by atoms with Gasteiger partial charge in [0.25, 0.3) is 0 Å². The van der Waals surface area contributed by atoms with Gasteiger partial charge in [0.2, 0.25) is 0 Å². The van der Waals surface area contributed by atoms with Gasteiger partial charge in [0.1, 0.15) is 18.2 Å². The van der Waals surface area contributed by atoms with Gasteiger partial charge in [-0.05, 0) is 20.3 Å². The average molecular weight is 254 g/mol. The number of aliphatic hydroxyl groups is 1. The second kappa shape index (κ2) is 6.51. The molecule has 102 valence electrons. The van der Waals surface area contributed by atoms with Crippen LogP contribution in [0.25, 0.3) is 0 Å². The van der Waals surface area contributed by atoms with Crippen molar-refractivity contribution in [1.29, 1.82) is 0 Å². The van der Waals surface area contributed by atoms with Gasteiger partial charge in [-0.1, -0.05) is 6.92 Å². The summed E-state index contributed by atoms with van der Waals surface area (Å²) in [7, 11) is 0. The minimum absolute atomic E-state index is 0.334. The fourth-order valence-corrected chi connectivity index (χ4v) is 1.27. The highest BCUT2D eigenvalue weighted by Crippen LogP contribution is 2.13. The molecule has 0 amide bonds. The van der Waals surface area contributed by atoms with Crippen molar-refractivity contribution >= 4 is 11.6 Å². The van der Waals surface area contributed by atoms with Crippen molar-refractivity contribution in [2.24, 2.45) is 0 Å². The fourth-order valence-electron chi connectivity index (χ4n) is 1.27. The van der Waals surface area contributed by atoms with Gasteiger partial charge >= 0.3 is 0 Å². The Hall–Kier alpha value is -1.40. The van der Waals surface area contributed by atoms with Crippen molar-refractivity contribution in [2.75, 3.05) is 24.2 Å². The normalized spacial score (nSPS) is 14.2. The molecule has 1 rings (SSSR count). The highest BCUT2D eigenvalue weighted by molar-refractivity contribution is 5.44. The average Bonchev–Trinajstić information content (AvgIpc) is 2.33. The molecule has 0 fully saturated rings. The van der Waals surface area contributed by atoms with Gasteiger partial charge in [-0.25, -0.2) is 9.97 Å². The molecule has 1 atom stereocenters. The number of nitrogens with zero attached hydrogens (tertiary/aromatic N) is 2. The zero-order valence-electron chi connectivity index (χ0n) is 11.2. The summed E-state index contributed by atoms with van der Waals surface area (Å²) in [5.41, 5.74) is 4.93. The Morgan fingerprint density at radius 2 is 2.17 bits per heavy atom. The van der Waals surface area contributed by atoms with Gasteiger partial charge in [0.05, 0.1) is 5.60 Å². The van der Waals surface area contributed by atoms with Gasteiger partial charge in [-0.2, -0.15) is 0 Å². The van der Waals surface area contributed by atoms with Crippen LogP contribution < -0.4 is 11.1 Å². The molecule has 6 nitrogen and oxygen atoms in total. The van der Waals surface area contributed by atoms with Crippen molar-refractivity contribution in [1.82, 2.24) is 9.97 Å². The van der Waals surface area contributed by atoms with E-state index in [2.05, 4.69) is 15.3 Å². The fraction of sp³-hybridized carbons (Fsp3) is 0.667. The van der Waals surface area contributed by atoms with Gasteiger partial charge in [-0.3, -0.25) is 0 Å². The third-order valence-electron chi connectivity index (χ3n) is 2.64. The maximum absolute atomic E-state index is 9.90. The molecular weight excluding hydrogens is 232 g/mol. The quantitative estimate of drug-likeness (QED) is 0.676. The van der Waals surface area contributed by atoms with E-state index in [0.29, 0.717) is 43.6 Å². The molecule has 1 aromatic heterocycles. The van der Waals surface area contributed by atoms with Crippen molar-refractivity contribution in [3.63, 3.8) is 0 Å². The van der Waals surface area contributed by atoms with Crippen LogP contribution in [-0.2, 0) is 11.3 Å². The summed E-state index contributed by atoms with van der Waals surface area (Å²) in [6, 6.07) is 1.64. The third-order valence-corrected chi connectivity index (χ3v) is 2.64. The standard InChI is InChI=1S/C12H22N4O2/c1-4-12(3,17)8-14-10-6-9(13)15-11(16-10)7-18-5-2/h6,17H,4-5,7-8H2,1-3H3,(H3,13,14,15,16). The number of ether oxygens (including phenoxy) is 1. The number of rotatable bonds is 7. The molecule has 0 aliphatic heterocycles. The predicted octanol–water partition coefficient (Wildman–Crippen LogP) is 1.17. The van der Waals surface area contributed by atoms with Gasteiger partial charge in [-0.15, -0.1) is 0 Å². The first-order valence-electron chi connectivity index (χ1n) is 6.14. The molecule has 4 N–H and O–H groups in total. The molecule has 18 heavy (non-hydrogen) atoms. The molecule has 0 saturated heterocycles. The number of anilines is 2. The molecule has 1 unspecified atom stereocenters. The SMILES string of the molecule is CCOCc1nc(N)cc(NCC(C)(O)CC)n1. The van der Waals surface area contributed by atoms with E-state index in [1.165, 1.54) is 0 Å². The van der Waals surface area contributed by atoms with Crippen LogP contribution in [0.15, 0.2) is 6.07 Å². The largest absolute Gasteiger partial charge is 0.388 e. The van der Waals surface area contributed by atoms with Crippen LogP contribution in [0.3, 0.4) is 0 Å². The van der Waals surface area contributed by atoms with Crippen molar-refractivity contribution in [3.8, 4) is 0 Å². The van der Waals surface area contributed by atoms with Crippen molar-refractivity contribution in [2.45, 2.75) is 39.4 Å². The molecular formula is C12H22N4O2. The van der Waals surface area contributed by atoms with E-state index in [1.54, 1.807) is 13.0 Å². The molecule has 0 saturated carbocycles. The maximum Gasteiger partial charge on any atom is 0.158 e. The van der Waals surface area contributed by atoms with E-state index in [1.807, 2.05) is 13.8 Å². The topological polar surface area (TPSA) is 93.3 Å². The Bertz CT molecular complexity index is 382. The third kappa shape index (κ3) is 4.85. The molecule has 0 bridgehead atoms. The minimum atomic E-state index is -0.764. The van der Waals surface area contributed by atoms with E-state index in [-0.39, 0.29) is 0 Å². The number of nitrogens with one attached hydrogen (secondary N) is 1. The summed E-state index contributed by atoms with van der Waals surface area (Å²) in [6.45, 7) is 6.95. The Morgan fingerprint density at radius 1 is 1.44 bits per heavy atom. The first-order chi connectivity index (χ1) is 8.46. The minimum Gasteiger partial charge on any atom is -0.388 e. The lowest BCUT2D eigenvalue weighted by atomic mass is 10.0. The zero-order valence-corrected chi connectivity index (χ0v) is 11.2. The van der Waals surface area contributed by atoms with E-state index in [9.17, 15) is 5.11 Å². The van der Waals surface area contributed by atoms with Crippen LogP contribution >= 0.6 is 0 Å². The second-order valence-electron chi connectivity index (χ2n) is 4.44. The molecule has 0 aliphatic carbocycles. The van der Waals surface area contributed by atoms with E-state index in [0.717, 1.165) is 0 Å². The molecule has 0 aromatic carbocycles. The predicted molar refractivity (Wildman–Crippen MR) is 71.2 cm³/mol. The van der Waals surface area contributed by atoms with Crippen LogP contribution in [0.4, 0.5) is 11.6 Å². The molecule has 0 aliphatic rings. The molecule has 0 radical (unpaired) electrons. The summed E-state index contributed by atoms with van der Waals surface area (Å²) in [6.07, 6.45) is 0.659. The summed E-state index contributed by atoms with van der Waals surface area (Å²) in [5.74, 6) is 1.53. The van der Waals surface area contributed by atoms with E-state index in [4.69, 9.17) is 10.5 Å². The van der Waals surface area contributed by atoms with Crippen molar-refractivity contribution < 1.29 is 9.84 Å². The lowest BCUT2D eigenvalue weighted by Gasteiger charge is -2.22. The summed E-state index contributed by atoms with van der Waals surface area (Å²) < 4.78 is 5.24. The monoisotopic (exact) mass is 254 g/mol. The number of nitrogen functional groups attached to an aromatic ring is 1. The summed E-state index contributed by atoms with van der Waals surface area (Å²) in [5, 5.41) is 13.0. The summed E-state index contributed by atoms with van der Waals surface area (Å²) >= 11 is 0. The highest BCUT2D eigenvalue weighted by atomic mass is 16.5. The Kier molecular flexibility index (Phi) is 5.30. The zero-order chi connectivity index (χ0) is 13.6. The second-order valence-corrected chi connectivity index (χ2v) is 4.44. The number of nitrogens with two attached hydrogens (primary N) is 1. The van der Waals surface area contributed by atoms with Crippen LogP contribution in [0.5, 0.6) is 0 Å². The number of hydrogen-bond donors (Lipinski definition) is 3. The number of aromatic nitrogens is 2. The van der Waals surface area contributed by atoms with Crippen LogP contribution in [0.2, 0.25) is 0 Å². The van der Waals surface area contributed by atoms with Crippen LogP contribution in [0.1, 0.15) is 33.0 Å². The Balaban J connectivity index is 2.68. The lowest BCUT2D eigenvalue weighted by molar-refractivity contribution is 0.0696. The maximum atomic E-state index is 9.90. The molecule has 6 heteroatoms. The lowest BCUT2D eigenvalue weighted by Crippen LogP contribution is -2.32. The van der Waals surface area contributed by atoms with Crippen LogP contribution in [0, 0.1) is 0 Å². The van der Waals surface area contributed by atoms with E-state index >= 15 is 0 Å². The highest BCUT2D eigenvalue weighted by Gasteiger charge is 2.17. The first-order valence-corrected chi connectivity index (χ1v) is 6.14. The van der Waals surface area contributed by atoms with Gasteiger partial charge in [0.15, 0.2) is 5.82 Å². The molecule has 1 heterocycles. The van der Waals surface area contributed by atoms with E-state index < -0.39 is 5.60 Å². The first kappa shape index (κ1) is 14.7. The van der Waals surface area contributed by atoms with Crippen molar-refractivity contribution in [3.05, 3.63) is 11.9 Å². The Morgan fingerprint density at radius 3 is 2.78 bits per heavy atom. The van der Waals surface area contributed by atoms with Gasteiger partial charge in [0, 0.05) is 19.2 Å². The molecule has 1 aromatic rings. The van der Waals surface area contributed by atoms with Gasteiger partial charge < -0.3 is 20.9 Å². The Labute approximate surface area is 108 Å². The smallest absolute Gasteiger partial charge is 0.158 e. The molecule has 0 spiro atoms. The van der Waals surface area contributed by atoms with Crippen LogP contribution in [-0.4, -0.2) is 33.8 Å². The summed E-state index contributed by atoms with van der Waals surface area (Å²) in [4.78, 5) is 8.35.